The summed E-state index contributed by atoms with van der Waals surface area (Å²) in [4.78, 5) is 21.4. The van der Waals surface area contributed by atoms with E-state index in [0.717, 1.165) is 23.8 Å². The van der Waals surface area contributed by atoms with Crippen LogP contribution in [0, 0.1) is 23.4 Å². The van der Waals surface area contributed by atoms with Gasteiger partial charge in [-0.3, -0.25) is 9.78 Å². The van der Waals surface area contributed by atoms with Crippen molar-refractivity contribution < 1.29 is 27.8 Å². The molecule has 1 saturated carbocycles. The third kappa shape index (κ3) is 5.44. The Hall–Kier alpha value is -3.14. The molecule has 0 bridgehead atoms. The molecule has 37 heavy (non-hydrogen) atoms. The number of pyridine rings is 2. The van der Waals surface area contributed by atoms with Gasteiger partial charge in [-0.15, -0.1) is 0 Å². The van der Waals surface area contributed by atoms with E-state index in [-0.39, 0.29) is 36.1 Å². The van der Waals surface area contributed by atoms with Crippen LogP contribution in [0.4, 0.5) is 13.2 Å². The number of carbonyl (C=O) groups excluding carboxylic acids is 1. The summed E-state index contributed by atoms with van der Waals surface area (Å²) < 4.78 is 49.0. The topological polar surface area (TPSA) is 98.3 Å². The molecule has 2 aromatic heterocycles. The predicted octanol–water partition coefficient (Wildman–Crippen LogP) is 4.72. The van der Waals surface area contributed by atoms with Gasteiger partial charge in [0, 0.05) is 32.0 Å². The van der Waals surface area contributed by atoms with Crippen molar-refractivity contribution >= 4 is 5.78 Å². The zero-order valence-corrected chi connectivity index (χ0v) is 21.0. The summed E-state index contributed by atoms with van der Waals surface area (Å²) in [6.07, 6.45) is 4.37. The molecule has 2 heterocycles. The van der Waals surface area contributed by atoms with Gasteiger partial charge in [-0.2, -0.15) is 0 Å². The van der Waals surface area contributed by atoms with Gasteiger partial charge in [0.2, 0.25) is 0 Å². The molecule has 196 valence electrons. The van der Waals surface area contributed by atoms with Crippen molar-refractivity contribution in [1.82, 2.24) is 9.97 Å². The van der Waals surface area contributed by atoms with Gasteiger partial charge in [-0.25, -0.2) is 18.2 Å². The van der Waals surface area contributed by atoms with Crippen LogP contribution in [0.3, 0.4) is 0 Å². The van der Waals surface area contributed by atoms with Crippen LogP contribution in [0.25, 0.3) is 11.3 Å². The van der Waals surface area contributed by atoms with Gasteiger partial charge in [0.05, 0.1) is 17.8 Å². The number of hydrogen-bond acceptors (Lipinski definition) is 6. The minimum absolute atomic E-state index is 0.0153. The summed E-state index contributed by atoms with van der Waals surface area (Å²) in [6.45, 7) is 3.67. The van der Waals surface area contributed by atoms with Crippen molar-refractivity contribution in [1.29, 1.82) is 0 Å². The number of aromatic nitrogens is 2. The van der Waals surface area contributed by atoms with E-state index in [9.17, 15) is 23.1 Å². The van der Waals surface area contributed by atoms with Gasteiger partial charge in [-0.1, -0.05) is 6.92 Å². The second-order valence-electron chi connectivity index (χ2n) is 9.97. The molecule has 0 unspecified atom stereocenters. The van der Waals surface area contributed by atoms with E-state index in [1.54, 1.807) is 19.3 Å². The highest BCUT2D eigenvalue weighted by Crippen LogP contribution is 2.42. The highest BCUT2D eigenvalue weighted by Gasteiger charge is 2.42. The lowest BCUT2D eigenvalue weighted by Crippen LogP contribution is -2.54. The minimum atomic E-state index is -1.00. The summed E-state index contributed by atoms with van der Waals surface area (Å²) >= 11 is 0. The molecule has 0 spiro atoms. The first-order chi connectivity index (χ1) is 17.5. The summed E-state index contributed by atoms with van der Waals surface area (Å²) in [7, 11) is 1.39. The minimum Gasteiger partial charge on any atom is -0.388 e. The molecule has 3 aromatic rings. The normalized spacial score (nSPS) is 23.7. The summed E-state index contributed by atoms with van der Waals surface area (Å²) in [5.74, 6) is -3.45. The lowest BCUT2D eigenvalue weighted by atomic mass is 9.67. The number of nitrogens with zero attached hydrogens (tertiary/aromatic N) is 2. The lowest BCUT2D eigenvalue weighted by molar-refractivity contribution is -0.0464. The van der Waals surface area contributed by atoms with E-state index < -0.39 is 46.1 Å². The van der Waals surface area contributed by atoms with E-state index in [2.05, 4.69) is 9.97 Å². The standard InChI is InChI=1S/C28H30F3N3O3/c1-15-8-17(12-25(32)28(15,2)36)19-6-7-33-13-18(19)11-24(35)23-5-4-20(29)27(34-23)26-21(30)9-16(14-37-3)10-22(26)31/h4-7,9-10,13,15,17,25,36H,8,11-12,14,32H2,1-3H3/t15-,17+,25+,28+/m0/s1. The third-order valence-corrected chi connectivity index (χ3v) is 7.44. The highest BCUT2D eigenvalue weighted by atomic mass is 19.1. The molecule has 6 nitrogen and oxygen atoms in total. The van der Waals surface area contributed by atoms with Gasteiger partial charge in [0.1, 0.15) is 28.8 Å². The third-order valence-electron chi connectivity index (χ3n) is 7.44. The van der Waals surface area contributed by atoms with Crippen LogP contribution < -0.4 is 5.73 Å². The Morgan fingerprint density at radius 2 is 1.86 bits per heavy atom. The Bertz CT molecular complexity index is 1280. The van der Waals surface area contributed by atoms with Crippen molar-refractivity contribution in [3.63, 3.8) is 0 Å². The maximum Gasteiger partial charge on any atom is 0.185 e. The SMILES string of the molecule is COCc1cc(F)c(-c2nc(C(=O)Cc3cnccc3[C@H]3C[C@@H](N)[C@](C)(O)[C@@H](C)C3)ccc2F)c(F)c1. The zero-order valence-electron chi connectivity index (χ0n) is 21.0. The molecule has 1 aromatic carbocycles. The fraction of sp³-hybridized carbons (Fsp3) is 0.393. The fourth-order valence-electron chi connectivity index (χ4n) is 5.05. The molecule has 9 heteroatoms. The van der Waals surface area contributed by atoms with Crippen LogP contribution in [-0.4, -0.2) is 39.6 Å². The van der Waals surface area contributed by atoms with E-state index in [4.69, 9.17) is 10.5 Å². The Balaban J connectivity index is 1.63. The van der Waals surface area contributed by atoms with E-state index in [1.165, 1.54) is 13.2 Å². The maximum absolute atomic E-state index is 14.7. The summed E-state index contributed by atoms with van der Waals surface area (Å²) in [5.41, 5.74) is 5.73. The number of ether oxygens (including phenoxy) is 1. The highest BCUT2D eigenvalue weighted by molar-refractivity contribution is 5.96. The number of aliphatic hydroxyl groups is 1. The van der Waals surface area contributed by atoms with Crippen LogP contribution in [0.5, 0.6) is 0 Å². The molecule has 3 N–H and O–H groups in total. The van der Waals surface area contributed by atoms with Crippen LogP contribution in [0.15, 0.2) is 42.7 Å². The number of ketones is 1. The predicted molar refractivity (Wildman–Crippen MR) is 132 cm³/mol. The number of nitrogens with two attached hydrogens (primary N) is 1. The Kier molecular flexibility index (Phi) is 7.77. The second-order valence-corrected chi connectivity index (χ2v) is 9.97. The molecule has 0 aliphatic heterocycles. The van der Waals surface area contributed by atoms with Gasteiger partial charge in [0.25, 0.3) is 0 Å². The zero-order chi connectivity index (χ0) is 26.9. The van der Waals surface area contributed by atoms with Gasteiger partial charge in [-0.05, 0) is 78.6 Å². The number of methoxy groups -OCH3 is 1. The average Bonchev–Trinajstić information content (AvgIpc) is 2.84. The summed E-state index contributed by atoms with van der Waals surface area (Å²) in [6, 6.07) is 5.68. The van der Waals surface area contributed by atoms with E-state index in [0.29, 0.717) is 18.4 Å². The first-order valence-electron chi connectivity index (χ1n) is 12.1. The van der Waals surface area contributed by atoms with E-state index >= 15 is 0 Å². The van der Waals surface area contributed by atoms with Crippen LogP contribution >= 0.6 is 0 Å². The fourth-order valence-corrected chi connectivity index (χ4v) is 5.05. The molecule has 4 atom stereocenters. The second kappa shape index (κ2) is 10.7. The van der Waals surface area contributed by atoms with Crippen molar-refractivity contribution in [2.75, 3.05) is 7.11 Å². The first-order valence-corrected chi connectivity index (χ1v) is 12.1. The Labute approximate surface area is 213 Å². The number of carbonyl (C=O) groups is 1. The van der Waals surface area contributed by atoms with Gasteiger partial charge >= 0.3 is 0 Å². The largest absolute Gasteiger partial charge is 0.388 e. The van der Waals surface area contributed by atoms with E-state index in [1.807, 2.05) is 13.0 Å². The van der Waals surface area contributed by atoms with Crippen molar-refractivity contribution in [2.24, 2.45) is 11.7 Å². The van der Waals surface area contributed by atoms with Crippen molar-refractivity contribution in [3.05, 3.63) is 82.6 Å². The number of benzene rings is 1. The maximum atomic E-state index is 14.7. The lowest BCUT2D eigenvalue weighted by Gasteiger charge is -2.44. The summed E-state index contributed by atoms with van der Waals surface area (Å²) in [5, 5.41) is 10.7. The van der Waals surface area contributed by atoms with Crippen LogP contribution in [-0.2, 0) is 17.8 Å². The molecule has 4 rings (SSSR count). The molecule has 1 aliphatic rings. The first kappa shape index (κ1) is 26.9. The molecule has 1 fully saturated rings. The van der Waals surface area contributed by atoms with Crippen molar-refractivity contribution in [3.8, 4) is 11.3 Å². The van der Waals surface area contributed by atoms with Gasteiger partial charge in [0.15, 0.2) is 5.78 Å². The van der Waals surface area contributed by atoms with Crippen LogP contribution in [0.2, 0.25) is 0 Å². The number of Topliss-reactive ketones (excluding diaryl/α,β-unsaturated/α-hetero) is 1. The average molecular weight is 514 g/mol. The monoisotopic (exact) mass is 513 g/mol. The molecule has 0 saturated heterocycles. The molecular weight excluding hydrogens is 483 g/mol. The molecule has 0 amide bonds. The number of halogens is 3. The number of rotatable bonds is 7. The molecule has 1 aliphatic carbocycles. The van der Waals surface area contributed by atoms with Crippen molar-refractivity contribution in [2.45, 2.75) is 57.3 Å². The number of hydrogen-bond donors (Lipinski definition) is 2. The Morgan fingerprint density at radius 1 is 1.16 bits per heavy atom. The smallest absolute Gasteiger partial charge is 0.185 e. The molecule has 0 radical (unpaired) electrons. The van der Waals surface area contributed by atoms with Gasteiger partial charge < -0.3 is 15.6 Å². The molecular formula is C28H30F3N3O3. The quantitative estimate of drug-likeness (QED) is 0.444. The van der Waals surface area contributed by atoms with Crippen LogP contribution in [0.1, 0.15) is 59.8 Å². The Morgan fingerprint density at radius 3 is 2.51 bits per heavy atom.